The van der Waals surface area contributed by atoms with Gasteiger partial charge < -0.3 is 15.8 Å². The Morgan fingerprint density at radius 2 is 1.79 bits per heavy atom. The predicted molar refractivity (Wildman–Crippen MR) is 151 cm³/mol. The number of fused-ring (bicyclic) bond motifs is 4. The summed E-state index contributed by atoms with van der Waals surface area (Å²) in [6.45, 7) is 5.35. The number of rotatable bonds is 4. The molecule has 0 atom stereocenters. The van der Waals surface area contributed by atoms with Gasteiger partial charge in [0.1, 0.15) is 12.1 Å². The van der Waals surface area contributed by atoms with Crippen molar-refractivity contribution in [3.8, 4) is 16.8 Å². The zero-order chi connectivity index (χ0) is 27.6. The van der Waals surface area contributed by atoms with Crippen LogP contribution in [0.4, 0.5) is 4.39 Å². The van der Waals surface area contributed by atoms with Crippen molar-refractivity contribution in [3.63, 3.8) is 0 Å². The summed E-state index contributed by atoms with van der Waals surface area (Å²) < 4.78 is 15.1. The number of amides is 1. The average molecular weight is 521 g/mol. The van der Waals surface area contributed by atoms with E-state index < -0.39 is 17.3 Å². The molecule has 4 aromatic carbocycles. The van der Waals surface area contributed by atoms with E-state index in [0.29, 0.717) is 22.2 Å². The lowest BCUT2D eigenvalue weighted by atomic mass is 9.92. The van der Waals surface area contributed by atoms with Gasteiger partial charge in [-0.15, -0.1) is 0 Å². The van der Waals surface area contributed by atoms with Crippen molar-refractivity contribution < 1.29 is 14.3 Å². The number of nitrogens with zero attached hydrogens (tertiary/aromatic N) is 2. The maximum absolute atomic E-state index is 13.7. The van der Waals surface area contributed by atoms with E-state index in [9.17, 15) is 19.1 Å². The van der Waals surface area contributed by atoms with Crippen molar-refractivity contribution in [1.82, 2.24) is 14.5 Å². The summed E-state index contributed by atoms with van der Waals surface area (Å²) >= 11 is 0. The van der Waals surface area contributed by atoms with Gasteiger partial charge in [-0.25, -0.2) is 9.37 Å². The molecule has 39 heavy (non-hydrogen) atoms. The molecule has 0 unspecified atom stereocenters. The molecule has 7 nitrogen and oxygen atoms in total. The Bertz CT molecular complexity index is 2030. The Balaban J connectivity index is 1.62. The summed E-state index contributed by atoms with van der Waals surface area (Å²) in [7, 11) is 0. The van der Waals surface area contributed by atoms with Gasteiger partial charge in [0.15, 0.2) is 0 Å². The van der Waals surface area contributed by atoms with Gasteiger partial charge in [-0.2, -0.15) is 0 Å². The van der Waals surface area contributed by atoms with Crippen LogP contribution in [0.2, 0.25) is 0 Å². The third-order valence-electron chi connectivity index (χ3n) is 7.30. The lowest BCUT2D eigenvalue weighted by molar-refractivity contribution is 0.0787. The number of nitrogens with two attached hydrogens (primary N) is 1. The largest absolute Gasteiger partial charge is 0.386 e. The molecule has 0 aliphatic carbocycles. The second kappa shape index (κ2) is 8.61. The molecule has 0 bridgehead atoms. The Hall–Kier alpha value is -4.82. The van der Waals surface area contributed by atoms with Crippen molar-refractivity contribution in [2.45, 2.75) is 26.4 Å². The molecule has 2 aromatic heterocycles. The topological polar surface area (TPSA) is 114 Å². The van der Waals surface area contributed by atoms with Gasteiger partial charge in [-0.05, 0) is 73.4 Å². The van der Waals surface area contributed by atoms with Crippen LogP contribution >= 0.6 is 0 Å². The molecule has 2 heterocycles. The molecule has 0 saturated carbocycles. The quantitative estimate of drug-likeness (QED) is 0.286. The van der Waals surface area contributed by atoms with E-state index in [0.717, 1.165) is 38.5 Å². The molecular formula is C31H25FN4O3. The second-order valence-corrected chi connectivity index (χ2v) is 10.3. The fraction of sp³-hybridized carbons (Fsp3) is 0.129. The first-order valence-electron chi connectivity index (χ1n) is 12.4. The van der Waals surface area contributed by atoms with Gasteiger partial charge in [0, 0.05) is 22.4 Å². The smallest absolute Gasteiger partial charge is 0.265 e. The molecular weight excluding hydrogens is 495 g/mol. The molecule has 4 N–H and O–H groups in total. The normalized spacial score (nSPS) is 12.0. The van der Waals surface area contributed by atoms with Crippen LogP contribution in [0, 0.1) is 12.7 Å². The fourth-order valence-electron chi connectivity index (χ4n) is 5.27. The Morgan fingerprint density at radius 3 is 2.54 bits per heavy atom. The van der Waals surface area contributed by atoms with Gasteiger partial charge in [-0.3, -0.25) is 14.2 Å². The first-order chi connectivity index (χ1) is 18.5. The predicted octanol–water partition coefficient (Wildman–Crippen LogP) is 5.46. The lowest BCUT2D eigenvalue weighted by Gasteiger charge is -2.17. The highest BCUT2D eigenvalue weighted by molar-refractivity contribution is 6.20. The number of hydrogen-bond acceptors (Lipinski definition) is 4. The molecule has 6 rings (SSSR count). The van der Waals surface area contributed by atoms with Crippen molar-refractivity contribution in [2.75, 3.05) is 0 Å². The number of aliphatic hydroxyl groups is 1. The van der Waals surface area contributed by atoms with Crippen molar-refractivity contribution >= 4 is 38.6 Å². The summed E-state index contributed by atoms with van der Waals surface area (Å²) in [5.74, 6) is -1.02. The molecule has 1 amide bonds. The third kappa shape index (κ3) is 3.88. The molecule has 0 fully saturated rings. The van der Waals surface area contributed by atoms with Gasteiger partial charge >= 0.3 is 0 Å². The van der Waals surface area contributed by atoms with Crippen LogP contribution in [0.25, 0.3) is 49.5 Å². The van der Waals surface area contributed by atoms with E-state index in [1.807, 2.05) is 49.4 Å². The molecule has 194 valence electrons. The highest BCUT2D eigenvalue weighted by atomic mass is 19.1. The minimum Gasteiger partial charge on any atom is -0.386 e. The van der Waals surface area contributed by atoms with Gasteiger partial charge in [0.25, 0.3) is 11.5 Å². The summed E-state index contributed by atoms with van der Waals surface area (Å²) in [4.78, 5) is 33.3. The van der Waals surface area contributed by atoms with E-state index in [4.69, 9.17) is 5.73 Å². The van der Waals surface area contributed by atoms with Crippen LogP contribution in [-0.4, -0.2) is 25.5 Å². The SMILES string of the molecule is Cc1c(-c2ccc(C(N)=O)c3[nH]c4cc(C(C)(C)O)ccc4c23)cccc1-n1cnc2cc(F)ccc2c1=O. The van der Waals surface area contributed by atoms with Crippen LogP contribution < -0.4 is 11.3 Å². The number of benzene rings is 4. The maximum atomic E-state index is 13.7. The molecule has 0 saturated heterocycles. The Morgan fingerprint density at radius 1 is 1.03 bits per heavy atom. The van der Waals surface area contributed by atoms with Crippen LogP contribution in [0.5, 0.6) is 0 Å². The molecule has 0 spiro atoms. The first kappa shape index (κ1) is 24.5. The number of hydrogen-bond donors (Lipinski definition) is 3. The van der Waals surface area contributed by atoms with Crippen LogP contribution in [0.1, 0.15) is 35.3 Å². The molecule has 0 aliphatic heterocycles. The van der Waals surface area contributed by atoms with E-state index >= 15 is 0 Å². The van der Waals surface area contributed by atoms with Crippen LogP contribution in [0.3, 0.4) is 0 Å². The zero-order valence-electron chi connectivity index (χ0n) is 21.5. The molecule has 0 radical (unpaired) electrons. The van der Waals surface area contributed by atoms with Crippen molar-refractivity contribution in [3.05, 3.63) is 106 Å². The standard InChI is InChI=1S/C31H25FN4O3/c1-16-19(5-4-6-26(16)36-15-34-24-14-18(32)8-10-22(24)30(36)38)20-11-12-23(29(33)37)28-27(20)21-9-7-17(31(2,3)39)13-25(21)35-28/h4-15,35,39H,1-3H3,(H2,33,37). The van der Waals surface area contributed by atoms with E-state index in [1.165, 1.54) is 29.1 Å². The number of carbonyl (C=O) groups excluding carboxylic acids is 1. The number of aromatic nitrogens is 3. The lowest BCUT2D eigenvalue weighted by Crippen LogP contribution is -2.19. The van der Waals surface area contributed by atoms with Gasteiger partial charge in [0.05, 0.1) is 33.3 Å². The van der Waals surface area contributed by atoms with Crippen LogP contribution in [0.15, 0.2) is 77.9 Å². The number of halogens is 1. The Labute approximate surface area is 222 Å². The molecule has 8 heteroatoms. The summed E-state index contributed by atoms with van der Waals surface area (Å²) in [6.07, 6.45) is 1.41. The summed E-state index contributed by atoms with van der Waals surface area (Å²) in [6, 6.07) is 18.8. The zero-order valence-corrected chi connectivity index (χ0v) is 21.5. The number of carbonyl (C=O) groups is 1. The second-order valence-electron chi connectivity index (χ2n) is 10.3. The minimum atomic E-state index is -1.04. The highest BCUT2D eigenvalue weighted by Crippen LogP contribution is 2.39. The fourth-order valence-corrected chi connectivity index (χ4v) is 5.27. The average Bonchev–Trinajstić information content (AvgIpc) is 3.27. The number of primary amides is 1. The minimum absolute atomic E-state index is 0.290. The molecule has 0 aliphatic rings. The number of nitrogens with one attached hydrogen (secondary N) is 1. The van der Waals surface area contributed by atoms with Gasteiger partial charge in [-0.1, -0.05) is 30.3 Å². The van der Waals surface area contributed by atoms with Gasteiger partial charge in [0.2, 0.25) is 0 Å². The summed E-state index contributed by atoms with van der Waals surface area (Å²) in [5, 5.41) is 12.5. The molecule has 6 aromatic rings. The van der Waals surface area contributed by atoms with Crippen molar-refractivity contribution in [1.29, 1.82) is 0 Å². The van der Waals surface area contributed by atoms with E-state index in [-0.39, 0.29) is 11.1 Å². The monoisotopic (exact) mass is 520 g/mol. The van der Waals surface area contributed by atoms with Crippen molar-refractivity contribution in [2.24, 2.45) is 5.73 Å². The summed E-state index contributed by atoms with van der Waals surface area (Å²) in [5.41, 5.74) is 10.3. The highest BCUT2D eigenvalue weighted by Gasteiger charge is 2.21. The van der Waals surface area contributed by atoms with E-state index in [1.54, 1.807) is 19.9 Å². The van der Waals surface area contributed by atoms with Crippen LogP contribution in [-0.2, 0) is 5.60 Å². The number of aromatic amines is 1. The Kier molecular flexibility index (Phi) is 5.41. The van der Waals surface area contributed by atoms with E-state index in [2.05, 4.69) is 9.97 Å². The number of H-pyrrole nitrogens is 1. The third-order valence-corrected chi connectivity index (χ3v) is 7.30. The maximum Gasteiger partial charge on any atom is 0.265 e. The first-order valence-corrected chi connectivity index (χ1v) is 12.4.